The minimum Gasteiger partial charge on any atom is -0.497 e. The van der Waals surface area contributed by atoms with Crippen molar-refractivity contribution in [3.05, 3.63) is 96.4 Å². The van der Waals surface area contributed by atoms with Gasteiger partial charge >= 0.3 is 0 Å². The van der Waals surface area contributed by atoms with Crippen molar-refractivity contribution in [2.45, 2.75) is 10.9 Å². The third-order valence-corrected chi connectivity index (χ3v) is 5.92. The molecule has 0 bridgehead atoms. The highest BCUT2D eigenvalue weighted by atomic mass is 32.2. The minimum atomic E-state index is -3.87. The molecule has 0 aliphatic carbocycles. The molecule has 1 N–H and O–H groups in total. The molecule has 1 unspecified atom stereocenters. The number of benzene rings is 3. The van der Waals surface area contributed by atoms with E-state index in [9.17, 15) is 8.42 Å². The predicted molar refractivity (Wildman–Crippen MR) is 111 cm³/mol. The predicted octanol–water partition coefficient (Wildman–Crippen LogP) is 3.81. The highest BCUT2D eigenvalue weighted by Crippen LogP contribution is 2.27. The number of nitrogens with one attached hydrogen (secondary N) is 1. The molecule has 4 aromatic rings. The van der Waals surface area contributed by atoms with Crippen LogP contribution in [-0.2, 0) is 10.0 Å². The van der Waals surface area contributed by atoms with Gasteiger partial charge in [-0.2, -0.15) is 4.72 Å². The molecule has 0 spiro atoms. The lowest BCUT2D eigenvalue weighted by molar-refractivity contribution is 0.414. The maximum atomic E-state index is 13.0. The highest BCUT2D eigenvalue weighted by Gasteiger charge is 2.27. The Morgan fingerprint density at radius 2 is 1.50 bits per heavy atom. The summed E-state index contributed by atoms with van der Waals surface area (Å²) in [5.74, 6) is 1.03. The van der Waals surface area contributed by atoms with Crippen LogP contribution in [0.3, 0.4) is 0 Å². The first-order valence-corrected chi connectivity index (χ1v) is 10.7. The van der Waals surface area contributed by atoms with E-state index in [4.69, 9.17) is 9.15 Å². The van der Waals surface area contributed by atoms with Crippen molar-refractivity contribution in [1.29, 1.82) is 0 Å². The first kappa shape index (κ1) is 19.8. The van der Waals surface area contributed by atoms with Gasteiger partial charge in [0.1, 0.15) is 11.8 Å². The Kier molecular flexibility index (Phi) is 5.60. The number of hydrogen-bond donors (Lipinski definition) is 1. The van der Waals surface area contributed by atoms with Gasteiger partial charge in [0.2, 0.25) is 21.8 Å². The Labute approximate surface area is 174 Å². The van der Waals surface area contributed by atoms with E-state index in [0.717, 1.165) is 5.56 Å². The molecule has 1 atom stereocenters. The molecule has 7 nitrogen and oxygen atoms in total. The summed E-state index contributed by atoms with van der Waals surface area (Å²) in [7, 11) is -2.35. The van der Waals surface area contributed by atoms with Crippen molar-refractivity contribution in [3.8, 4) is 17.2 Å². The smallest absolute Gasteiger partial charge is 0.247 e. The van der Waals surface area contributed by atoms with Crippen LogP contribution in [0.1, 0.15) is 17.5 Å². The fraction of sp³-hybridized carbons (Fsp3) is 0.0909. The second-order valence-electron chi connectivity index (χ2n) is 6.45. The zero-order chi connectivity index (χ0) is 21.0. The van der Waals surface area contributed by atoms with Gasteiger partial charge in [-0.05, 0) is 42.0 Å². The van der Waals surface area contributed by atoms with Crippen LogP contribution in [0.25, 0.3) is 11.5 Å². The number of rotatable bonds is 7. The number of ether oxygens (including phenoxy) is 1. The highest BCUT2D eigenvalue weighted by molar-refractivity contribution is 7.89. The molecular formula is C22H19N3O4S. The van der Waals surface area contributed by atoms with Crippen LogP contribution in [0.5, 0.6) is 5.75 Å². The second-order valence-corrected chi connectivity index (χ2v) is 8.17. The molecule has 3 aromatic carbocycles. The van der Waals surface area contributed by atoms with E-state index in [1.54, 1.807) is 24.3 Å². The molecule has 0 fully saturated rings. The third kappa shape index (κ3) is 4.24. The van der Waals surface area contributed by atoms with E-state index in [1.807, 2.05) is 48.5 Å². The summed E-state index contributed by atoms with van der Waals surface area (Å²) in [6.45, 7) is 0. The van der Waals surface area contributed by atoms with Crippen molar-refractivity contribution in [2.75, 3.05) is 7.11 Å². The standard InChI is InChI=1S/C22H19N3O4S/c1-28-18-12-14-19(15-13-18)30(26,27)25-20(16-8-4-2-5-9-16)22-24-23-21(29-22)17-10-6-3-7-11-17/h2-15,20,25H,1H3. The van der Waals surface area contributed by atoms with Crippen LogP contribution in [0.15, 0.2) is 94.2 Å². The van der Waals surface area contributed by atoms with Crippen LogP contribution in [0, 0.1) is 0 Å². The molecule has 152 valence electrons. The molecule has 0 saturated carbocycles. The summed E-state index contributed by atoms with van der Waals surface area (Å²) in [6, 6.07) is 23.7. The summed E-state index contributed by atoms with van der Waals surface area (Å²) in [5, 5.41) is 8.20. The first-order valence-electron chi connectivity index (χ1n) is 9.17. The summed E-state index contributed by atoms with van der Waals surface area (Å²) in [6.07, 6.45) is 0. The Balaban J connectivity index is 1.70. The first-order chi connectivity index (χ1) is 14.6. The molecule has 0 amide bonds. The molecular weight excluding hydrogens is 402 g/mol. The van der Waals surface area contributed by atoms with E-state index in [1.165, 1.54) is 19.2 Å². The molecule has 30 heavy (non-hydrogen) atoms. The summed E-state index contributed by atoms with van der Waals surface area (Å²) >= 11 is 0. The zero-order valence-corrected chi connectivity index (χ0v) is 16.9. The molecule has 4 rings (SSSR count). The van der Waals surface area contributed by atoms with Gasteiger partial charge in [0.05, 0.1) is 12.0 Å². The molecule has 0 radical (unpaired) electrons. The van der Waals surface area contributed by atoms with Gasteiger partial charge in [0, 0.05) is 5.56 Å². The minimum absolute atomic E-state index is 0.104. The van der Waals surface area contributed by atoms with Crippen molar-refractivity contribution < 1.29 is 17.6 Å². The molecule has 1 aromatic heterocycles. The average molecular weight is 421 g/mol. The quantitative estimate of drug-likeness (QED) is 0.488. The Morgan fingerprint density at radius 3 is 2.13 bits per heavy atom. The summed E-state index contributed by atoms with van der Waals surface area (Å²) in [5.41, 5.74) is 1.43. The van der Waals surface area contributed by atoms with Gasteiger partial charge in [-0.15, -0.1) is 10.2 Å². The van der Waals surface area contributed by atoms with Gasteiger partial charge < -0.3 is 9.15 Å². The van der Waals surface area contributed by atoms with Gasteiger partial charge in [0.15, 0.2) is 0 Å². The molecule has 0 saturated heterocycles. The Hall–Kier alpha value is -3.49. The van der Waals surface area contributed by atoms with Crippen molar-refractivity contribution in [3.63, 3.8) is 0 Å². The lowest BCUT2D eigenvalue weighted by atomic mass is 10.1. The normalized spacial score (nSPS) is 12.4. The van der Waals surface area contributed by atoms with Gasteiger partial charge in [-0.25, -0.2) is 8.42 Å². The van der Waals surface area contributed by atoms with Crippen molar-refractivity contribution in [1.82, 2.24) is 14.9 Å². The van der Waals surface area contributed by atoms with Crippen LogP contribution >= 0.6 is 0 Å². The lowest BCUT2D eigenvalue weighted by Gasteiger charge is -2.16. The van der Waals surface area contributed by atoms with Crippen LogP contribution < -0.4 is 9.46 Å². The van der Waals surface area contributed by atoms with E-state index >= 15 is 0 Å². The molecule has 0 aliphatic heterocycles. The average Bonchev–Trinajstić information content (AvgIpc) is 3.29. The number of sulfonamides is 1. The van der Waals surface area contributed by atoms with Crippen molar-refractivity contribution >= 4 is 10.0 Å². The molecule has 0 aliphatic rings. The zero-order valence-electron chi connectivity index (χ0n) is 16.1. The number of nitrogens with zero attached hydrogens (tertiary/aromatic N) is 2. The van der Waals surface area contributed by atoms with Gasteiger partial charge in [-0.3, -0.25) is 0 Å². The summed E-state index contributed by atoms with van der Waals surface area (Å²) in [4.78, 5) is 0.104. The fourth-order valence-corrected chi connectivity index (χ4v) is 4.11. The van der Waals surface area contributed by atoms with Crippen LogP contribution in [-0.4, -0.2) is 25.7 Å². The summed E-state index contributed by atoms with van der Waals surface area (Å²) < 4.78 is 39.7. The SMILES string of the molecule is COc1ccc(S(=O)(=O)NC(c2ccccc2)c2nnc(-c3ccccc3)o2)cc1. The Bertz CT molecular complexity index is 1210. The number of hydrogen-bond acceptors (Lipinski definition) is 6. The van der Waals surface area contributed by atoms with E-state index in [-0.39, 0.29) is 10.8 Å². The van der Waals surface area contributed by atoms with E-state index in [0.29, 0.717) is 17.2 Å². The molecule has 8 heteroatoms. The monoisotopic (exact) mass is 421 g/mol. The second kappa shape index (κ2) is 8.48. The maximum absolute atomic E-state index is 13.0. The van der Waals surface area contributed by atoms with Gasteiger partial charge in [0.25, 0.3) is 0 Å². The maximum Gasteiger partial charge on any atom is 0.247 e. The topological polar surface area (TPSA) is 94.3 Å². The third-order valence-electron chi connectivity index (χ3n) is 4.48. The largest absolute Gasteiger partial charge is 0.497 e. The van der Waals surface area contributed by atoms with E-state index in [2.05, 4.69) is 14.9 Å². The van der Waals surface area contributed by atoms with Crippen LogP contribution in [0.4, 0.5) is 0 Å². The Morgan fingerprint density at radius 1 is 0.867 bits per heavy atom. The number of aromatic nitrogens is 2. The lowest BCUT2D eigenvalue weighted by Crippen LogP contribution is -2.29. The van der Waals surface area contributed by atoms with Gasteiger partial charge in [-0.1, -0.05) is 48.5 Å². The van der Waals surface area contributed by atoms with Crippen LogP contribution in [0.2, 0.25) is 0 Å². The molecule has 1 heterocycles. The van der Waals surface area contributed by atoms with E-state index < -0.39 is 16.1 Å². The number of methoxy groups -OCH3 is 1. The van der Waals surface area contributed by atoms with Crippen molar-refractivity contribution in [2.24, 2.45) is 0 Å². The fourth-order valence-electron chi connectivity index (χ4n) is 2.93.